The van der Waals surface area contributed by atoms with Crippen LogP contribution >= 0.6 is 0 Å². The van der Waals surface area contributed by atoms with Crippen LogP contribution < -0.4 is 5.43 Å². The van der Waals surface area contributed by atoms with E-state index in [1.807, 2.05) is 37.3 Å². The van der Waals surface area contributed by atoms with Crippen molar-refractivity contribution in [3.63, 3.8) is 0 Å². The van der Waals surface area contributed by atoms with Crippen molar-refractivity contribution in [1.29, 1.82) is 0 Å². The Bertz CT molecular complexity index is 927. The highest BCUT2D eigenvalue weighted by Gasteiger charge is 2.10. The fourth-order valence-electron chi connectivity index (χ4n) is 2.95. The maximum absolute atomic E-state index is 12.3. The van der Waals surface area contributed by atoms with Crippen molar-refractivity contribution in [2.75, 3.05) is 0 Å². The number of nitrogens with zero attached hydrogens (tertiary/aromatic N) is 2. The van der Waals surface area contributed by atoms with E-state index in [1.54, 1.807) is 6.07 Å². The summed E-state index contributed by atoms with van der Waals surface area (Å²) in [6.45, 7) is 4.09. The zero-order valence-electron chi connectivity index (χ0n) is 16.4. The van der Waals surface area contributed by atoms with Gasteiger partial charge in [0.25, 0.3) is 5.91 Å². The molecule has 0 aliphatic rings. The van der Waals surface area contributed by atoms with Gasteiger partial charge in [0.05, 0.1) is 11.4 Å². The Kier molecular flexibility index (Phi) is 6.73. The Hall–Kier alpha value is -3.21. The number of H-pyrrole nitrogens is 1. The van der Waals surface area contributed by atoms with Gasteiger partial charge in [-0.15, -0.1) is 0 Å². The van der Waals surface area contributed by atoms with Crippen molar-refractivity contribution in [1.82, 2.24) is 15.6 Å². The predicted molar refractivity (Wildman–Crippen MR) is 113 cm³/mol. The number of hydrazone groups is 1. The Morgan fingerprint density at radius 2 is 1.82 bits per heavy atom. The van der Waals surface area contributed by atoms with Gasteiger partial charge in [-0.2, -0.15) is 10.2 Å². The summed E-state index contributed by atoms with van der Waals surface area (Å²) >= 11 is 0. The SMILES string of the molecule is CCCCCc1ccc(/C(C)=N/NC(=O)c2cc(-c3ccccc3)n[nH]2)cc1. The number of nitrogens with one attached hydrogen (secondary N) is 2. The van der Waals surface area contributed by atoms with Gasteiger partial charge < -0.3 is 0 Å². The first-order valence-electron chi connectivity index (χ1n) is 9.72. The quantitative estimate of drug-likeness (QED) is 0.332. The van der Waals surface area contributed by atoms with E-state index in [2.05, 4.69) is 51.9 Å². The monoisotopic (exact) mass is 374 g/mol. The molecule has 1 aromatic heterocycles. The van der Waals surface area contributed by atoms with Crippen LogP contribution in [0.4, 0.5) is 0 Å². The van der Waals surface area contributed by atoms with Crippen molar-refractivity contribution in [2.45, 2.75) is 39.5 Å². The number of carbonyl (C=O) groups excluding carboxylic acids is 1. The van der Waals surface area contributed by atoms with Crippen LogP contribution in [0.5, 0.6) is 0 Å². The summed E-state index contributed by atoms with van der Waals surface area (Å²) in [6.07, 6.45) is 4.80. The zero-order chi connectivity index (χ0) is 19.8. The zero-order valence-corrected chi connectivity index (χ0v) is 16.4. The lowest BCUT2D eigenvalue weighted by molar-refractivity contribution is 0.0950. The van der Waals surface area contributed by atoms with E-state index in [0.717, 1.165) is 29.0 Å². The number of hydrogen-bond acceptors (Lipinski definition) is 3. The number of aromatic nitrogens is 2. The number of carbonyl (C=O) groups is 1. The third-order valence-corrected chi connectivity index (χ3v) is 4.66. The Morgan fingerprint density at radius 3 is 2.54 bits per heavy atom. The van der Waals surface area contributed by atoms with Crippen molar-refractivity contribution >= 4 is 11.6 Å². The molecule has 28 heavy (non-hydrogen) atoms. The minimum Gasteiger partial charge on any atom is -0.272 e. The lowest BCUT2D eigenvalue weighted by atomic mass is 10.0. The van der Waals surface area contributed by atoms with Crippen LogP contribution in [-0.2, 0) is 6.42 Å². The van der Waals surface area contributed by atoms with E-state index in [-0.39, 0.29) is 5.91 Å². The van der Waals surface area contributed by atoms with Crippen LogP contribution in [0, 0.1) is 0 Å². The third kappa shape index (κ3) is 5.16. The number of aromatic amines is 1. The summed E-state index contributed by atoms with van der Waals surface area (Å²) < 4.78 is 0. The molecule has 3 rings (SSSR count). The fraction of sp³-hybridized carbons (Fsp3) is 0.261. The molecule has 2 aromatic carbocycles. The van der Waals surface area contributed by atoms with Gasteiger partial charge in [-0.25, -0.2) is 5.43 Å². The summed E-state index contributed by atoms with van der Waals surface area (Å²) in [5.41, 5.74) is 7.74. The average Bonchev–Trinajstić information content (AvgIpc) is 3.23. The molecule has 0 aliphatic heterocycles. The fourth-order valence-corrected chi connectivity index (χ4v) is 2.95. The molecule has 1 amide bonds. The number of unbranched alkanes of at least 4 members (excludes halogenated alkanes) is 2. The van der Waals surface area contributed by atoms with Gasteiger partial charge >= 0.3 is 0 Å². The lowest BCUT2D eigenvalue weighted by Crippen LogP contribution is -2.19. The minimum absolute atomic E-state index is 0.315. The van der Waals surface area contributed by atoms with Crippen LogP contribution in [0.1, 0.15) is 54.7 Å². The summed E-state index contributed by atoms with van der Waals surface area (Å²) in [5.74, 6) is -0.315. The standard InChI is InChI=1S/C23H26N4O/c1-3-4-6-9-18-12-14-19(15-13-18)17(2)24-27-23(28)22-16-21(25-26-22)20-10-7-5-8-11-20/h5,7-8,10-16H,3-4,6,9H2,1-2H3,(H,25,26)(H,27,28)/b24-17+. The number of amides is 1. The summed E-state index contributed by atoms with van der Waals surface area (Å²) in [4.78, 5) is 12.3. The first-order chi connectivity index (χ1) is 13.7. The van der Waals surface area contributed by atoms with E-state index < -0.39 is 0 Å². The smallest absolute Gasteiger partial charge is 0.272 e. The molecule has 144 valence electrons. The minimum atomic E-state index is -0.315. The van der Waals surface area contributed by atoms with E-state index in [4.69, 9.17) is 0 Å². The van der Waals surface area contributed by atoms with Crippen LogP contribution in [0.15, 0.2) is 65.8 Å². The molecule has 3 aromatic rings. The van der Waals surface area contributed by atoms with Crippen molar-refractivity contribution in [3.8, 4) is 11.3 Å². The first kappa shape index (κ1) is 19.5. The molecule has 0 saturated carbocycles. The predicted octanol–water partition coefficient (Wildman–Crippen LogP) is 4.96. The highest BCUT2D eigenvalue weighted by atomic mass is 16.2. The van der Waals surface area contributed by atoms with Gasteiger partial charge in [-0.3, -0.25) is 9.89 Å². The largest absolute Gasteiger partial charge is 0.289 e. The molecule has 0 bridgehead atoms. The number of hydrogen-bond donors (Lipinski definition) is 2. The number of benzene rings is 2. The molecule has 0 fully saturated rings. The summed E-state index contributed by atoms with van der Waals surface area (Å²) in [5, 5.41) is 11.2. The maximum Gasteiger partial charge on any atom is 0.289 e. The Balaban J connectivity index is 1.60. The molecule has 0 atom stereocenters. The van der Waals surface area contributed by atoms with Crippen molar-refractivity contribution in [3.05, 3.63) is 77.5 Å². The van der Waals surface area contributed by atoms with Crippen LogP contribution in [0.25, 0.3) is 11.3 Å². The third-order valence-electron chi connectivity index (χ3n) is 4.66. The van der Waals surface area contributed by atoms with Crippen molar-refractivity contribution in [2.24, 2.45) is 5.10 Å². The summed E-state index contributed by atoms with van der Waals surface area (Å²) in [6, 6.07) is 19.8. The van der Waals surface area contributed by atoms with Gasteiger partial charge in [0, 0.05) is 5.56 Å². The second-order valence-electron chi connectivity index (χ2n) is 6.83. The van der Waals surface area contributed by atoms with E-state index in [1.165, 1.54) is 24.8 Å². The first-order valence-corrected chi connectivity index (χ1v) is 9.72. The highest BCUT2D eigenvalue weighted by Crippen LogP contribution is 2.16. The molecule has 5 heteroatoms. The molecule has 0 saturated heterocycles. The maximum atomic E-state index is 12.3. The highest BCUT2D eigenvalue weighted by molar-refractivity contribution is 6.00. The second kappa shape index (κ2) is 9.65. The molecular formula is C23H26N4O. The Labute approximate surface area is 165 Å². The van der Waals surface area contributed by atoms with Crippen molar-refractivity contribution < 1.29 is 4.79 Å². The van der Waals surface area contributed by atoms with Gasteiger partial charge in [0.2, 0.25) is 0 Å². The van der Waals surface area contributed by atoms with Gasteiger partial charge in [-0.05, 0) is 37.0 Å². The lowest BCUT2D eigenvalue weighted by Gasteiger charge is -2.04. The van der Waals surface area contributed by atoms with Gasteiger partial charge in [0.1, 0.15) is 5.69 Å². The Morgan fingerprint density at radius 1 is 1.07 bits per heavy atom. The number of aryl methyl sites for hydroxylation is 1. The van der Waals surface area contributed by atoms with Gasteiger partial charge in [-0.1, -0.05) is 74.4 Å². The molecule has 0 radical (unpaired) electrons. The molecule has 0 unspecified atom stereocenters. The van der Waals surface area contributed by atoms with E-state index >= 15 is 0 Å². The van der Waals surface area contributed by atoms with E-state index in [0.29, 0.717) is 5.69 Å². The molecule has 0 spiro atoms. The van der Waals surface area contributed by atoms with Gasteiger partial charge in [0.15, 0.2) is 0 Å². The number of rotatable bonds is 8. The molecule has 1 heterocycles. The molecule has 5 nitrogen and oxygen atoms in total. The second-order valence-corrected chi connectivity index (χ2v) is 6.83. The van der Waals surface area contributed by atoms with Crippen LogP contribution in [0.3, 0.4) is 0 Å². The van der Waals surface area contributed by atoms with E-state index in [9.17, 15) is 4.79 Å². The average molecular weight is 374 g/mol. The molecular weight excluding hydrogens is 348 g/mol. The van der Waals surface area contributed by atoms with Crippen LogP contribution in [0.2, 0.25) is 0 Å². The topological polar surface area (TPSA) is 70.1 Å². The normalized spacial score (nSPS) is 11.4. The summed E-state index contributed by atoms with van der Waals surface area (Å²) in [7, 11) is 0. The molecule has 2 N–H and O–H groups in total. The van der Waals surface area contributed by atoms with Crippen LogP contribution in [-0.4, -0.2) is 21.8 Å². The molecule has 0 aliphatic carbocycles.